The van der Waals surface area contributed by atoms with Crippen molar-refractivity contribution in [1.82, 2.24) is 4.98 Å². The Morgan fingerprint density at radius 1 is 1.07 bits per heavy atom. The van der Waals surface area contributed by atoms with Crippen LogP contribution in [0.2, 0.25) is 0 Å². The third-order valence-electron chi connectivity index (χ3n) is 1.70. The van der Waals surface area contributed by atoms with Gasteiger partial charge in [0.25, 0.3) is 0 Å². The highest BCUT2D eigenvalue weighted by molar-refractivity contribution is 7.13. The number of benzene rings is 1. The molecule has 0 saturated heterocycles. The maximum Gasteiger partial charge on any atom is 0.229 e. The lowest BCUT2D eigenvalue weighted by Gasteiger charge is -1.92. The van der Waals surface area contributed by atoms with Gasteiger partial charge in [-0.1, -0.05) is 0 Å². The van der Waals surface area contributed by atoms with Gasteiger partial charge in [-0.2, -0.15) is 0 Å². The van der Waals surface area contributed by atoms with Crippen molar-refractivity contribution in [3.63, 3.8) is 0 Å². The molecule has 0 N–H and O–H groups in total. The van der Waals surface area contributed by atoms with E-state index in [1.807, 2.05) is 29.6 Å². The Balaban J connectivity index is 2.14. The Bertz CT molecular complexity index is 459. The molecule has 0 spiro atoms. The topological polar surface area (TPSA) is 50.0 Å². The molecule has 0 saturated carbocycles. The first-order chi connectivity index (χ1) is 7.38. The normalized spacial score (nSPS) is 10.7. The molecular weight excluding hydrogens is 208 g/mol. The largest absolute Gasteiger partial charge is 0.265 e. The molecule has 74 valence electrons. The fourth-order valence-corrected chi connectivity index (χ4v) is 1.44. The zero-order chi connectivity index (χ0) is 10.5. The fraction of sp³-hybridized carbons (Fsp3) is 0. The summed E-state index contributed by atoms with van der Waals surface area (Å²) in [5, 5.41) is 10.5. The molecule has 15 heavy (non-hydrogen) atoms. The molecule has 2 aromatic rings. The molecule has 5 heteroatoms. The first kappa shape index (κ1) is 9.67. The van der Waals surface area contributed by atoms with Gasteiger partial charge in [0.1, 0.15) is 0 Å². The van der Waals surface area contributed by atoms with Crippen LogP contribution in [0.5, 0.6) is 0 Å². The SMILES string of the molecule is C=Nc1ccc(/N=N/c2nccs2)cc1. The minimum Gasteiger partial charge on any atom is -0.265 e. The van der Waals surface area contributed by atoms with Crippen LogP contribution in [0.25, 0.3) is 0 Å². The second-order valence-corrected chi connectivity index (χ2v) is 3.56. The first-order valence-electron chi connectivity index (χ1n) is 4.26. The summed E-state index contributed by atoms with van der Waals surface area (Å²) in [6, 6.07) is 7.34. The molecule has 0 aliphatic heterocycles. The quantitative estimate of drug-likeness (QED) is 0.567. The minimum atomic E-state index is 0.654. The Hall–Kier alpha value is -1.88. The summed E-state index contributed by atoms with van der Waals surface area (Å²) >= 11 is 1.45. The van der Waals surface area contributed by atoms with Gasteiger partial charge in [-0.15, -0.1) is 21.6 Å². The molecular formula is C10H8N4S. The predicted molar refractivity (Wildman–Crippen MR) is 61.9 cm³/mol. The number of hydrogen-bond acceptors (Lipinski definition) is 5. The lowest BCUT2D eigenvalue weighted by atomic mass is 10.3. The highest BCUT2D eigenvalue weighted by Crippen LogP contribution is 2.21. The van der Waals surface area contributed by atoms with Crippen LogP contribution in [-0.2, 0) is 0 Å². The van der Waals surface area contributed by atoms with Gasteiger partial charge in [-0.25, -0.2) is 4.98 Å². The standard InChI is InChI=1S/C10H8N4S/c1-11-8-2-4-9(5-3-8)13-14-10-12-6-7-15-10/h2-7H,1H2/b14-13+. The molecule has 0 radical (unpaired) electrons. The van der Waals surface area contributed by atoms with Crippen molar-refractivity contribution >= 4 is 34.6 Å². The minimum absolute atomic E-state index is 0.654. The Labute approximate surface area is 91.1 Å². The number of hydrogen-bond donors (Lipinski definition) is 0. The van der Waals surface area contributed by atoms with Crippen LogP contribution in [0.3, 0.4) is 0 Å². The lowest BCUT2D eigenvalue weighted by molar-refractivity contribution is 1.20. The summed E-state index contributed by atoms with van der Waals surface area (Å²) in [7, 11) is 0. The maximum absolute atomic E-state index is 4.03. The van der Waals surface area contributed by atoms with E-state index >= 15 is 0 Å². The number of aromatic nitrogens is 1. The van der Waals surface area contributed by atoms with Crippen LogP contribution in [0.15, 0.2) is 51.1 Å². The van der Waals surface area contributed by atoms with Crippen LogP contribution in [0.4, 0.5) is 16.5 Å². The van der Waals surface area contributed by atoms with E-state index in [0.717, 1.165) is 11.4 Å². The van der Waals surface area contributed by atoms with Gasteiger partial charge in [0.05, 0.1) is 11.4 Å². The van der Waals surface area contributed by atoms with Gasteiger partial charge in [-0.3, -0.25) is 4.99 Å². The summed E-state index contributed by atoms with van der Waals surface area (Å²) in [6.45, 7) is 3.43. The zero-order valence-corrected chi connectivity index (χ0v) is 8.68. The second-order valence-electron chi connectivity index (χ2n) is 2.69. The summed E-state index contributed by atoms with van der Waals surface area (Å²) in [5.41, 5.74) is 1.60. The Morgan fingerprint density at radius 3 is 2.40 bits per heavy atom. The summed E-state index contributed by atoms with van der Waals surface area (Å²) in [6.07, 6.45) is 1.70. The van der Waals surface area contributed by atoms with E-state index in [9.17, 15) is 0 Å². The van der Waals surface area contributed by atoms with E-state index in [4.69, 9.17) is 0 Å². The van der Waals surface area contributed by atoms with E-state index in [1.165, 1.54) is 11.3 Å². The van der Waals surface area contributed by atoms with Crippen molar-refractivity contribution in [2.24, 2.45) is 15.2 Å². The van der Waals surface area contributed by atoms with Crippen LogP contribution in [0.1, 0.15) is 0 Å². The van der Waals surface area contributed by atoms with Gasteiger partial charge >= 0.3 is 0 Å². The summed E-state index contributed by atoms with van der Waals surface area (Å²) < 4.78 is 0. The third kappa shape index (κ3) is 2.54. The van der Waals surface area contributed by atoms with E-state index in [1.54, 1.807) is 6.20 Å². The number of rotatable bonds is 3. The number of aliphatic imine (C=N–C) groups is 1. The molecule has 0 unspecified atom stereocenters. The Kier molecular flexibility index (Phi) is 2.94. The second kappa shape index (κ2) is 4.56. The predicted octanol–water partition coefficient (Wildman–Crippen LogP) is 3.89. The van der Waals surface area contributed by atoms with E-state index in [-0.39, 0.29) is 0 Å². The van der Waals surface area contributed by atoms with Crippen LogP contribution in [0, 0.1) is 0 Å². The molecule has 0 atom stereocenters. The first-order valence-corrected chi connectivity index (χ1v) is 5.14. The highest BCUT2D eigenvalue weighted by Gasteiger charge is 1.92. The van der Waals surface area contributed by atoms with Gasteiger partial charge in [0, 0.05) is 11.6 Å². The molecule has 1 aromatic carbocycles. The van der Waals surface area contributed by atoms with E-state index in [2.05, 4.69) is 26.9 Å². The molecule has 4 nitrogen and oxygen atoms in total. The monoisotopic (exact) mass is 216 g/mol. The highest BCUT2D eigenvalue weighted by atomic mass is 32.1. The van der Waals surface area contributed by atoms with Crippen LogP contribution < -0.4 is 0 Å². The summed E-state index contributed by atoms with van der Waals surface area (Å²) in [5.74, 6) is 0. The molecule has 0 aliphatic rings. The van der Waals surface area contributed by atoms with Crippen molar-refractivity contribution in [2.75, 3.05) is 0 Å². The molecule has 2 rings (SSSR count). The zero-order valence-electron chi connectivity index (χ0n) is 7.87. The van der Waals surface area contributed by atoms with Crippen LogP contribution >= 0.6 is 11.3 Å². The number of thiazole rings is 1. The molecule has 0 fully saturated rings. The van der Waals surface area contributed by atoms with E-state index < -0.39 is 0 Å². The van der Waals surface area contributed by atoms with Crippen molar-refractivity contribution in [3.05, 3.63) is 35.8 Å². The maximum atomic E-state index is 4.03. The fourth-order valence-electron chi connectivity index (χ4n) is 0.991. The molecule has 0 aliphatic carbocycles. The average Bonchev–Trinajstić information content (AvgIpc) is 2.80. The molecule has 0 amide bonds. The van der Waals surface area contributed by atoms with Crippen molar-refractivity contribution in [2.45, 2.75) is 0 Å². The molecule has 0 bridgehead atoms. The smallest absolute Gasteiger partial charge is 0.229 e. The van der Waals surface area contributed by atoms with Gasteiger partial charge in [0.2, 0.25) is 5.13 Å². The van der Waals surface area contributed by atoms with Crippen molar-refractivity contribution in [3.8, 4) is 0 Å². The van der Waals surface area contributed by atoms with Gasteiger partial charge < -0.3 is 0 Å². The average molecular weight is 216 g/mol. The van der Waals surface area contributed by atoms with Crippen LogP contribution in [-0.4, -0.2) is 11.7 Å². The van der Waals surface area contributed by atoms with E-state index in [0.29, 0.717) is 5.13 Å². The lowest BCUT2D eigenvalue weighted by Crippen LogP contribution is -1.64. The number of azo groups is 1. The van der Waals surface area contributed by atoms with Crippen molar-refractivity contribution in [1.29, 1.82) is 0 Å². The third-order valence-corrected chi connectivity index (χ3v) is 2.36. The van der Waals surface area contributed by atoms with Gasteiger partial charge in [0.15, 0.2) is 0 Å². The van der Waals surface area contributed by atoms with Crippen molar-refractivity contribution < 1.29 is 0 Å². The molecule has 1 heterocycles. The Morgan fingerprint density at radius 2 is 1.80 bits per heavy atom. The summed E-state index contributed by atoms with van der Waals surface area (Å²) in [4.78, 5) is 7.78. The molecule has 1 aromatic heterocycles. The number of nitrogens with zero attached hydrogens (tertiary/aromatic N) is 4. The van der Waals surface area contributed by atoms with Gasteiger partial charge in [-0.05, 0) is 31.0 Å².